The molecular weight excluding hydrogens is 228 g/mol. The van der Waals surface area contributed by atoms with Crippen LogP contribution in [0, 0.1) is 5.92 Å². The lowest BCUT2D eigenvalue weighted by Gasteiger charge is -2.31. The third-order valence-electron chi connectivity index (χ3n) is 3.74. The Labute approximate surface area is 108 Å². The van der Waals surface area contributed by atoms with Crippen molar-refractivity contribution in [3.63, 3.8) is 0 Å². The van der Waals surface area contributed by atoms with Gasteiger partial charge in [-0.15, -0.1) is 0 Å². The second kappa shape index (κ2) is 5.42. The van der Waals surface area contributed by atoms with E-state index in [4.69, 9.17) is 5.73 Å². The summed E-state index contributed by atoms with van der Waals surface area (Å²) in [5.74, 6) is 0.689. The van der Waals surface area contributed by atoms with E-state index in [1.54, 1.807) is 10.9 Å². The van der Waals surface area contributed by atoms with Gasteiger partial charge in [-0.2, -0.15) is 5.10 Å². The van der Waals surface area contributed by atoms with Gasteiger partial charge in [0.2, 0.25) is 0 Å². The predicted octanol–water partition coefficient (Wildman–Crippen LogP) is 1.75. The van der Waals surface area contributed by atoms with Crippen molar-refractivity contribution in [2.24, 2.45) is 5.92 Å². The lowest BCUT2D eigenvalue weighted by atomic mass is 9.85. The molecule has 1 aromatic rings. The van der Waals surface area contributed by atoms with Crippen LogP contribution in [0.4, 0.5) is 5.69 Å². The summed E-state index contributed by atoms with van der Waals surface area (Å²) in [6.07, 6.45) is 5.35. The number of nitrogens with zero attached hydrogens (tertiary/aromatic N) is 3. The summed E-state index contributed by atoms with van der Waals surface area (Å²) in [6, 6.07) is 0. The van der Waals surface area contributed by atoms with Crippen LogP contribution in [0.3, 0.4) is 0 Å². The number of aromatic nitrogens is 2. The van der Waals surface area contributed by atoms with Crippen molar-refractivity contribution in [2.75, 3.05) is 18.8 Å². The predicted molar refractivity (Wildman–Crippen MR) is 71.2 cm³/mol. The van der Waals surface area contributed by atoms with Gasteiger partial charge in [0.15, 0.2) is 0 Å². The highest BCUT2D eigenvalue weighted by molar-refractivity contribution is 5.97. The average molecular weight is 250 g/mol. The normalized spacial score (nSPS) is 15.4. The molecule has 1 aliphatic rings. The molecule has 5 nitrogen and oxygen atoms in total. The molecule has 0 bridgehead atoms. The van der Waals surface area contributed by atoms with Crippen molar-refractivity contribution in [3.8, 4) is 0 Å². The quantitative estimate of drug-likeness (QED) is 0.865. The molecule has 1 aromatic heterocycles. The van der Waals surface area contributed by atoms with Crippen LogP contribution in [0.2, 0.25) is 0 Å². The van der Waals surface area contributed by atoms with E-state index in [0.29, 0.717) is 23.8 Å². The van der Waals surface area contributed by atoms with E-state index in [2.05, 4.69) is 5.10 Å². The zero-order valence-corrected chi connectivity index (χ0v) is 11.2. The minimum atomic E-state index is 0.0150. The maximum atomic E-state index is 12.5. The van der Waals surface area contributed by atoms with Crippen molar-refractivity contribution in [1.29, 1.82) is 0 Å². The topological polar surface area (TPSA) is 64.2 Å². The van der Waals surface area contributed by atoms with Gasteiger partial charge >= 0.3 is 0 Å². The summed E-state index contributed by atoms with van der Waals surface area (Å²) in [6.45, 7) is 6.22. The third-order valence-corrected chi connectivity index (χ3v) is 3.74. The van der Waals surface area contributed by atoms with Crippen LogP contribution < -0.4 is 5.73 Å². The molecule has 0 radical (unpaired) electrons. The highest BCUT2D eigenvalue weighted by Gasteiger charge is 2.26. The molecule has 2 rings (SSSR count). The van der Waals surface area contributed by atoms with Crippen LogP contribution in [0.1, 0.15) is 43.6 Å². The van der Waals surface area contributed by atoms with Crippen molar-refractivity contribution in [2.45, 2.75) is 39.7 Å². The Morgan fingerprint density at radius 1 is 1.56 bits per heavy atom. The summed E-state index contributed by atoms with van der Waals surface area (Å²) >= 11 is 0. The van der Waals surface area contributed by atoms with E-state index in [-0.39, 0.29) is 5.91 Å². The third kappa shape index (κ3) is 2.35. The monoisotopic (exact) mass is 250 g/mol. The maximum absolute atomic E-state index is 12.5. The lowest BCUT2D eigenvalue weighted by molar-refractivity contribution is 0.0695. The van der Waals surface area contributed by atoms with Gasteiger partial charge in [-0.05, 0) is 32.6 Å². The van der Waals surface area contributed by atoms with Gasteiger partial charge in [0.05, 0.1) is 11.9 Å². The fourth-order valence-electron chi connectivity index (χ4n) is 2.37. The molecule has 0 spiro atoms. The Morgan fingerprint density at radius 2 is 2.28 bits per heavy atom. The zero-order chi connectivity index (χ0) is 13.1. The molecule has 0 aromatic carbocycles. The van der Waals surface area contributed by atoms with Gasteiger partial charge in [0.25, 0.3) is 5.91 Å². The van der Waals surface area contributed by atoms with Crippen LogP contribution in [0.5, 0.6) is 0 Å². The van der Waals surface area contributed by atoms with E-state index in [1.165, 1.54) is 19.3 Å². The number of carbonyl (C=O) groups excluding carboxylic acids is 1. The first-order valence-electron chi connectivity index (χ1n) is 6.77. The number of anilines is 1. The summed E-state index contributed by atoms with van der Waals surface area (Å²) in [5.41, 5.74) is 6.88. The van der Waals surface area contributed by atoms with Crippen molar-refractivity contribution < 1.29 is 4.79 Å². The zero-order valence-electron chi connectivity index (χ0n) is 11.2. The molecule has 1 heterocycles. The van der Waals surface area contributed by atoms with Crippen LogP contribution in [0.15, 0.2) is 6.20 Å². The Kier molecular flexibility index (Phi) is 3.89. The second-order valence-corrected chi connectivity index (χ2v) is 4.90. The number of amides is 1. The second-order valence-electron chi connectivity index (χ2n) is 4.90. The number of carbonyl (C=O) groups is 1. The van der Waals surface area contributed by atoms with E-state index < -0.39 is 0 Å². The van der Waals surface area contributed by atoms with Gasteiger partial charge in [0.1, 0.15) is 5.69 Å². The SMILES string of the molecule is CCN(CC1CCC1)C(=O)c1c(N)cnn1CC. The first-order valence-corrected chi connectivity index (χ1v) is 6.77. The summed E-state index contributed by atoms with van der Waals surface area (Å²) in [4.78, 5) is 14.4. The van der Waals surface area contributed by atoms with Crippen LogP contribution in [-0.4, -0.2) is 33.7 Å². The summed E-state index contributed by atoms with van der Waals surface area (Å²) < 4.78 is 1.68. The van der Waals surface area contributed by atoms with Gasteiger partial charge < -0.3 is 10.6 Å². The minimum Gasteiger partial charge on any atom is -0.396 e. The lowest BCUT2D eigenvalue weighted by Crippen LogP contribution is -2.38. The van der Waals surface area contributed by atoms with Gasteiger partial charge in [-0.3, -0.25) is 9.48 Å². The smallest absolute Gasteiger partial charge is 0.274 e. The number of rotatable bonds is 5. The van der Waals surface area contributed by atoms with Crippen molar-refractivity contribution in [3.05, 3.63) is 11.9 Å². The van der Waals surface area contributed by atoms with Crippen LogP contribution >= 0.6 is 0 Å². The van der Waals surface area contributed by atoms with E-state index in [0.717, 1.165) is 13.1 Å². The van der Waals surface area contributed by atoms with Crippen molar-refractivity contribution >= 4 is 11.6 Å². The Hall–Kier alpha value is -1.52. The van der Waals surface area contributed by atoms with E-state index >= 15 is 0 Å². The highest BCUT2D eigenvalue weighted by Crippen LogP contribution is 2.27. The van der Waals surface area contributed by atoms with Gasteiger partial charge in [-0.25, -0.2) is 0 Å². The Bertz CT molecular complexity index is 423. The van der Waals surface area contributed by atoms with Crippen molar-refractivity contribution in [1.82, 2.24) is 14.7 Å². The first kappa shape index (κ1) is 12.9. The molecule has 100 valence electrons. The maximum Gasteiger partial charge on any atom is 0.274 e. The standard InChI is InChI=1S/C13H22N4O/c1-3-16(9-10-6-5-7-10)13(18)12-11(14)8-15-17(12)4-2/h8,10H,3-7,9,14H2,1-2H3. The molecule has 5 heteroatoms. The molecule has 0 saturated heterocycles. The molecular formula is C13H22N4O. The number of aryl methyl sites for hydroxylation is 1. The minimum absolute atomic E-state index is 0.0150. The number of hydrogen-bond acceptors (Lipinski definition) is 3. The Morgan fingerprint density at radius 3 is 2.78 bits per heavy atom. The molecule has 1 amide bonds. The van der Waals surface area contributed by atoms with Gasteiger partial charge in [0, 0.05) is 19.6 Å². The van der Waals surface area contributed by atoms with Crippen LogP contribution in [0.25, 0.3) is 0 Å². The molecule has 2 N–H and O–H groups in total. The molecule has 1 aliphatic carbocycles. The van der Waals surface area contributed by atoms with Gasteiger partial charge in [-0.1, -0.05) is 6.42 Å². The number of nitrogen functional groups attached to an aromatic ring is 1. The molecule has 1 fully saturated rings. The number of nitrogens with two attached hydrogens (primary N) is 1. The highest BCUT2D eigenvalue weighted by atomic mass is 16.2. The summed E-state index contributed by atoms with van der Waals surface area (Å²) in [5, 5.41) is 4.13. The van der Waals surface area contributed by atoms with Crippen LogP contribution in [-0.2, 0) is 6.54 Å². The Balaban J connectivity index is 2.13. The fourth-order valence-corrected chi connectivity index (χ4v) is 2.37. The molecule has 0 unspecified atom stereocenters. The summed E-state index contributed by atoms with van der Waals surface area (Å²) in [7, 11) is 0. The first-order chi connectivity index (χ1) is 8.67. The largest absolute Gasteiger partial charge is 0.396 e. The molecule has 0 atom stereocenters. The average Bonchev–Trinajstić information content (AvgIpc) is 2.68. The molecule has 1 saturated carbocycles. The molecule has 0 aliphatic heterocycles. The van der Waals surface area contributed by atoms with E-state index in [9.17, 15) is 4.79 Å². The number of hydrogen-bond donors (Lipinski definition) is 1. The fraction of sp³-hybridized carbons (Fsp3) is 0.692. The molecule has 18 heavy (non-hydrogen) atoms. The van der Waals surface area contributed by atoms with E-state index in [1.807, 2.05) is 18.7 Å².